The van der Waals surface area contributed by atoms with Gasteiger partial charge in [0.1, 0.15) is 17.8 Å². The summed E-state index contributed by atoms with van der Waals surface area (Å²) in [7, 11) is 0. The monoisotopic (exact) mass is 416 g/mol. The summed E-state index contributed by atoms with van der Waals surface area (Å²) in [4.78, 5) is 30.5. The number of aromatic nitrogens is 1. The first-order valence-corrected chi connectivity index (χ1v) is 10.7. The molecule has 2 fully saturated rings. The summed E-state index contributed by atoms with van der Waals surface area (Å²) in [5.41, 5.74) is 3.15. The third-order valence-electron chi connectivity index (χ3n) is 6.07. The summed E-state index contributed by atoms with van der Waals surface area (Å²) in [5, 5.41) is 1.12. The van der Waals surface area contributed by atoms with Crippen LogP contribution in [0.15, 0.2) is 60.8 Å². The van der Waals surface area contributed by atoms with E-state index in [1.165, 1.54) is 0 Å². The molecule has 3 aromatic rings. The van der Waals surface area contributed by atoms with Gasteiger partial charge in [-0.1, -0.05) is 30.3 Å². The van der Waals surface area contributed by atoms with Crippen LogP contribution in [0.3, 0.4) is 0 Å². The normalized spacial score (nSPS) is 19.4. The first-order chi connectivity index (χ1) is 15.2. The number of piperidine rings is 1. The summed E-state index contributed by atoms with van der Waals surface area (Å²) in [6.45, 7) is 1.56. The number of hydrogen-bond donors (Lipinski definition) is 0. The Morgan fingerprint density at radius 2 is 1.77 bits per heavy atom. The largest absolute Gasteiger partial charge is 0.490 e. The zero-order valence-electron chi connectivity index (χ0n) is 17.2. The van der Waals surface area contributed by atoms with E-state index in [2.05, 4.69) is 17.1 Å². The van der Waals surface area contributed by atoms with Crippen molar-refractivity contribution in [1.29, 1.82) is 0 Å². The van der Waals surface area contributed by atoms with Gasteiger partial charge in [0.05, 0.1) is 12.1 Å². The predicted molar refractivity (Wildman–Crippen MR) is 116 cm³/mol. The fourth-order valence-electron chi connectivity index (χ4n) is 4.28. The average molecular weight is 416 g/mol. The molecular formula is C25H24N2O4. The van der Waals surface area contributed by atoms with E-state index in [9.17, 15) is 9.59 Å². The first kappa shape index (κ1) is 19.5. The van der Waals surface area contributed by atoms with E-state index >= 15 is 0 Å². The molecule has 1 amide bonds. The number of likely N-dealkylation sites (tertiary alicyclic amines) is 1. The molecule has 5 rings (SSSR count). The van der Waals surface area contributed by atoms with Crippen LogP contribution in [-0.4, -0.2) is 47.6 Å². The third kappa shape index (κ3) is 4.10. The van der Waals surface area contributed by atoms with Gasteiger partial charge in [-0.15, -0.1) is 0 Å². The number of fused-ring (bicyclic) bond motifs is 1. The third-order valence-corrected chi connectivity index (χ3v) is 6.07. The zero-order valence-corrected chi connectivity index (χ0v) is 17.2. The number of rotatable bonds is 4. The van der Waals surface area contributed by atoms with Crippen molar-refractivity contribution in [3.63, 3.8) is 0 Å². The van der Waals surface area contributed by atoms with E-state index in [1.807, 2.05) is 48.7 Å². The Kier molecular flexibility index (Phi) is 5.28. The van der Waals surface area contributed by atoms with E-state index in [0.29, 0.717) is 26.1 Å². The smallest absolute Gasteiger partial charge is 0.318 e. The molecule has 1 atom stereocenters. The predicted octanol–water partition coefficient (Wildman–Crippen LogP) is 3.83. The van der Waals surface area contributed by atoms with Crippen LogP contribution in [0.5, 0.6) is 5.75 Å². The van der Waals surface area contributed by atoms with Gasteiger partial charge in [0.2, 0.25) is 5.91 Å². The topological polar surface area (TPSA) is 68.7 Å². The molecule has 2 aromatic carbocycles. The number of para-hydroxylation sites is 1. The van der Waals surface area contributed by atoms with Gasteiger partial charge in [-0.2, -0.15) is 0 Å². The van der Waals surface area contributed by atoms with Crippen molar-refractivity contribution in [1.82, 2.24) is 9.88 Å². The number of hydrogen-bond acceptors (Lipinski definition) is 5. The Hall–Kier alpha value is -3.41. The van der Waals surface area contributed by atoms with Crippen LogP contribution in [0.25, 0.3) is 22.0 Å². The molecule has 1 unspecified atom stereocenters. The fourth-order valence-corrected chi connectivity index (χ4v) is 4.28. The van der Waals surface area contributed by atoms with Crippen LogP contribution in [0, 0.1) is 5.92 Å². The van der Waals surface area contributed by atoms with Gasteiger partial charge < -0.3 is 14.4 Å². The maximum atomic E-state index is 12.5. The molecule has 6 heteroatoms. The van der Waals surface area contributed by atoms with Crippen LogP contribution in [-0.2, 0) is 14.3 Å². The summed E-state index contributed by atoms with van der Waals surface area (Å²) in [5.74, 6) is -0.282. The maximum absolute atomic E-state index is 12.5. The van der Waals surface area contributed by atoms with Crippen LogP contribution >= 0.6 is 0 Å². The van der Waals surface area contributed by atoms with Crippen molar-refractivity contribution in [3.8, 4) is 16.9 Å². The minimum Gasteiger partial charge on any atom is -0.490 e. The molecule has 3 heterocycles. The van der Waals surface area contributed by atoms with Crippen LogP contribution < -0.4 is 4.74 Å². The Morgan fingerprint density at radius 3 is 2.52 bits per heavy atom. The van der Waals surface area contributed by atoms with Crippen molar-refractivity contribution in [2.75, 3.05) is 19.7 Å². The molecular weight excluding hydrogens is 392 g/mol. The number of ether oxygens (including phenoxy) is 2. The molecule has 0 spiro atoms. The number of benzene rings is 2. The Morgan fingerprint density at radius 1 is 1.00 bits per heavy atom. The Labute approximate surface area is 180 Å². The molecule has 0 N–H and O–H groups in total. The standard InChI is InChI=1S/C25H24N2O4/c28-24(22-11-14-30-25(22)29)27-12-9-21(10-13-27)31-20-7-5-17(6-8-20)19-15-18-3-1-2-4-23(18)26-16-19/h1-8,15-16,21-22H,9-14H2. The van der Waals surface area contributed by atoms with E-state index in [4.69, 9.17) is 9.47 Å². The molecule has 2 saturated heterocycles. The lowest BCUT2D eigenvalue weighted by atomic mass is 10.0. The molecule has 2 aliphatic rings. The van der Waals surface area contributed by atoms with E-state index in [-0.39, 0.29) is 18.0 Å². The minimum atomic E-state index is -0.616. The molecule has 31 heavy (non-hydrogen) atoms. The van der Waals surface area contributed by atoms with E-state index in [1.54, 1.807) is 4.90 Å². The van der Waals surface area contributed by atoms with Gasteiger partial charge in [0.25, 0.3) is 0 Å². The highest BCUT2D eigenvalue weighted by atomic mass is 16.5. The lowest BCUT2D eigenvalue weighted by Crippen LogP contribution is -2.45. The second-order valence-electron chi connectivity index (χ2n) is 8.09. The number of carbonyl (C=O) groups is 2. The lowest BCUT2D eigenvalue weighted by Gasteiger charge is -2.33. The second-order valence-corrected chi connectivity index (χ2v) is 8.09. The number of cyclic esters (lactones) is 1. The van der Waals surface area contributed by atoms with Crippen LogP contribution in [0.1, 0.15) is 19.3 Å². The molecule has 2 aliphatic heterocycles. The highest BCUT2D eigenvalue weighted by molar-refractivity contribution is 5.98. The van der Waals surface area contributed by atoms with Gasteiger partial charge in [0.15, 0.2) is 0 Å². The summed E-state index contributed by atoms with van der Waals surface area (Å²) >= 11 is 0. The summed E-state index contributed by atoms with van der Waals surface area (Å²) in [6, 6.07) is 18.3. The number of amides is 1. The molecule has 1 aromatic heterocycles. The maximum Gasteiger partial charge on any atom is 0.318 e. The van der Waals surface area contributed by atoms with Crippen molar-refractivity contribution >= 4 is 22.8 Å². The second kappa shape index (κ2) is 8.38. The number of esters is 1. The SMILES string of the molecule is O=C1OCCC1C(=O)N1CCC(Oc2ccc(-c3cnc4ccccc4c3)cc2)CC1. The Balaban J connectivity index is 1.18. The van der Waals surface area contributed by atoms with Crippen LogP contribution in [0.4, 0.5) is 0 Å². The average Bonchev–Trinajstić information content (AvgIpc) is 3.25. The lowest BCUT2D eigenvalue weighted by molar-refractivity contribution is -0.149. The van der Waals surface area contributed by atoms with Gasteiger partial charge in [-0.25, -0.2) is 0 Å². The highest BCUT2D eigenvalue weighted by Crippen LogP contribution is 2.27. The molecule has 158 valence electrons. The molecule has 6 nitrogen and oxygen atoms in total. The van der Waals surface area contributed by atoms with E-state index < -0.39 is 5.92 Å². The fraction of sp³-hybridized carbons (Fsp3) is 0.320. The van der Waals surface area contributed by atoms with Gasteiger partial charge in [-0.3, -0.25) is 14.6 Å². The number of nitrogens with zero attached hydrogens (tertiary/aromatic N) is 2. The first-order valence-electron chi connectivity index (χ1n) is 10.7. The van der Waals surface area contributed by atoms with Crippen molar-refractivity contribution in [3.05, 3.63) is 60.8 Å². The molecule has 0 saturated carbocycles. The van der Waals surface area contributed by atoms with Gasteiger partial charge in [0, 0.05) is 49.5 Å². The quantitative estimate of drug-likeness (QED) is 0.478. The van der Waals surface area contributed by atoms with Gasteiger partial charge in [-0.05, 0) is 29.8 Å². The highest BCUT2D eigenvalue weighted by Gasteiger charge is 2.37. The van der Waals surface area contributed by atoms with Gasteiger partial charge >= 0.3 is 5.97 Å². The summed E-state index contributed by atoms with van der Waals surface area (Å²) in [6.07, 6.45) is 3.96. The molecule has 0 bridgehead atoms. The number of pyridine rings is 1. The van der Waals surface area contributed by atoms with Crippen molar-refractivity contribution in [2.24, 2.45) is 5.92 Å². The minimum absolute atomic E-state index is 0.0627. The van der Waals surface area contributed by atoms with Crippen molar-refractivity contribution < 1.29 is 19.1 Å². The van der Waals surface area contributed by atoms with Crippen LogP contribution in [0.2, 0.25) is 0 Å². The Bertz CT molecular complexity index is 1100. The molecule has 0 radical (unpaired) electrons. The summed E-state index contributed by atoms with van der Waals surface area (Å²) < 4.78 is 11.1. The molecule has 0 aliphatic carbocycles. The van der Waals surface area contributed by atoms with E-state index in [0.717, 1.165) is 40.6 Å². The number of carbonyl (C=O) groups excluding carboxylic acids is 2. The zero-order chi connectivity index (χ0) is 21.2. The van der Waals surface area contributed by atoms with Crippen molar-refractivity contribution in [2.45, 2.75) is 25.4 Å².